The van der Waals surface area contributed by atoms with Crippen molar-refractivity contribution >= 4 is 34.5 Å². The van der Waals surface area contributed by atoms with Crippen molar-refractivity contribution in [1.29, 1.82) is 0 Å². The maximum absolute atomic E-state index is 12.8. The highest BCUT2D eigenvalue weighted by atomic mass is 16.4. The molecule has 4 heterocycles. The Bertz CT molecular complexity index is 1450. The minimum Gasteiger partial charge on any atom is -0.465 e. The van der Waals surface area contributed by atoms with Crippen LogP contribution in [0.5, 0.6) is 0 Å². The van der Waals surface area contributed by atoms with Crippen molar-refractivity contribution in [3.8, 4) is 0 Å². The first kappa shape index (κ1) is 22.4. The number of amides is 2. The molecular formula is C24H25N7O4. The molecule has 3 N–H and O–H groups in total. The Morgan fingerprint density at radius 1 is 1.23 bits per heavy atom. The topological polar surface area (TPSA) is 138 Å². The SMILES string of the molecule is C[C@H]1CCc2c(ccc3c2nc(CCn2ccccc2=O)n3CC(=O)Nc2ccn[nH]2)N1C(=O)O. The van der Waals surface area contributed by atoms with Gasteiger partial charge in [0.1, 0.15) is 18.2 Å². The van der Waals surface area contributed by atoms with E-state index in [4.69, 9.17) is 4.98 Å². The van der Waals surface area contributed by atoms with Gasteiger partial charge in [0.2, 0.25) is 5.91 Å². The van der Waals surface area contributed by atoms with Gasteiger partial charge in [-0.25, -0.2) is 9.78 Å². The number of aromatic amines is 1. The highest BCUT2D eigenvalue weighted by Crippen LogP contribution is 2.36. The van der Waals surface area contributed by atoms with Gasteiger partial charge in [-0.2, -0.15) is 5.10 Å². The first-order valence-electron chi connectivity index (χ1n) is 11.4. The maximum atomic E-state index is 12.8. The van der Waals surface area contributed by atoms with Crippen LogP contribution in [0.3, 0.4) is 0 Å². The van der Waals surface area contributed by atoms with Crippen LogP contribution < -0.4 is 15.8 Å². The Labute approximate surface area is 200 Å². The number of carbonyl (C=O) groups excluding carboxylic acids is 1. The summed E-state index contributed by atoms with van der Waals surface area (Å²) in [5.74, 6) is 0.870. The van der Waals surface area contributed by atoms with Gasteiger partial charge in [-0.05, 0) is 38.0 Å². The van der Waals surface area contributed by atoms with E-state index in [-0.39, 0.29) is 24.1 Å². The van der Waals surface area contributed by atoms with E-state index in [0.717, 1.165) is 11.1 Å². The third-order valence-electron chi connectivity index (χ3n) is 6.35. The van der Waals surface area contributed by atoms with Crippen LogP contribution in [0, 0.1) is 0 Å². The summed E-state index contributed by atoms with van der Waals surface area (Å²) in [4.78, 5) is 43.2. The number of H-pyrrole nitrogens is 1. The summed E-state index contributed by atoms with van der Waals surface area (Å²) in [5, 5.41) is 19.1. The third-order valence-corrected chi connectivity index (χ3v) is 6.35. The van der Waals surface area contributed by atoms with E-state index in [9.17, 15) is 19.5 Å². The van der Waals surface area contributed by atoms with E-state index in [2.05, 4.69) is 15.5 Å². The molecule has 1 atom stereocenters. The number of nitrogens with zero attached hydrogens (tertiary/aromatic N) is 5. The van der Waals surface area contributed by atoms with Crippen LogP contribution in [-0.2, 0) is 30.7 Å². The average molecular weight is 476 g/mol. The van der Waals surface area contributed by atoms with Gasteiger partial charge in [0.05, 0.1) is 22.9 Å². The summed E-state index contributed by atoms with van der Waals surface area (Å²) in [5.41, 5.74) is 2.80. The molecule has 5 rings (SSSR count). The molecule has 0 unspecified atom stereocenters. The molecular weight excluding hydrogens is 450 g/mol. The lowest BCUT2D eigenvalue weighted by atomic mass is 9.96. The van der Waals surface area contributed by atoms with E-state index < -0.39 is 6.09 Å². The molecule has 11 heteroatoms. The minimum absolute atomic E-state index is 0.00633. The fourth-order valence-corrected chi connectivity index (χ4v) is 4.66. The van der Waals surface area contributed by atoms with Crippen molar-refractivity contribution in [2.24, 2.45) is 0 Å². The summed E-state index contributed by atoms with van der Waals surface area (Å²) in [6.45, 7) is 2.29. The predicted molar refractivity (Wildman–Crippen MR) is 130 cm³/mol. The van der Waals surface area contributed by atoms with Crippen molar-refractivity contribution in [2.45, 2.75) is 45.3 Å². The highest BCUT2D eigenvalue weighted by molar-refractivity contribution is 5.96. The van der Waals surface area contributed by atoms with E-state index in [1.807, 2.05) is 17.6 Å². The fraction of sp³-hybridized carbons (Fsp3) is 0.292. The Kier molecular flexibility index (Phi) is 5.81. The van der Waals surface area contributed by atoms with Gasteiger partial charge in [0.15, 0.2) is 0 Å². The van der Waals surface area contributed by atoms with Crippen LogP contribution in [-0.4, -0.2) is 47.5 Å². The smallest absolute Gasteiger partial charge is 0.412 e. The zero-order chi connectivity index (χ0) is 24.5. The molecule has 0 radical (unpaired) electrons. The van der Waals surface area contributed by atoms with Gasteiger partial charge in [-0.3, -0.25) is 19.6 Å². The number of rotatable bonds is 6. The quantitative estimate of drug-likeness (QED) is 0.392. The second-order valence-corrected chi connectivity index (χ2v) is 8.59. The summed E-state index contributed by atoms with van der Waals surface area (Å²) < 4.78 is 3.43. The molecule has 0 saturated carbocycles. The normalized spacial score (nSPS) is 15.2. The summed E-state index contributed by atoms with van der Waals surface area (Å²) in [6, 6.07) is 10.1. The summed E-state index contributed by atoms with van der Waals surface area (Å²) in [6.07, 6.45) is 4.05. The standard InChI is InChI=1S/C24H25N7O4/c1-15-5-6-16-17(31(15)24(34)35)7-8-18-23(16)27-20(10-13-29-12-3-2-4-22(29)33)30(18)14-21(32)26-19-9-11-25-28-19/h2-4,7-9,11-12,15H,5-6,10,13-14H2,1H3,(H,34,35)(H2,25,26,28,32)/t15-/m0/s1. The zero-order valence-corrected chi connectivity index (χ0v) is 19.1. The first-order valence-corrected chi connectivity index (χ1v) is 11.4. The Balaban J connectivity index is 1.55. The van der Waals surface area contributed by atoms with Crippen LogP contribution in [0.2, 0.25) is 0 Å². The number of imidazole rings is 1. The number of carbonyl (C=O) groups is 2. The first-order chi connectivity index (χ1) is 16.9. The van der Waals surface area contributed by atoms with Crippen molar-refractivity contribution in [3.05, 3.63) is 70.5 Å². The van der Waals surface area contributed by atoms with Crippen LogP contribution in [0.25, 0.3) is 11.0 Å². The number of nitrogens with one attached hydrogen (secondary N) is 2. The Morgan fingerprint density at radius 2 is 2.09 bits per heavy atom. The van der Waals surface area contributed by atoms with Gasteiger partial charge in [0.25, 0.3) is 5.56 Å². The Morgan fingerprint density at radius 3 is 2.83 bits per heavy atom. The van der Waals surface area contributed by atoms with Crippen molar-refractivity contribution in [1.82, 2.24) is 24.3 Å². The second-order valence-electron chi connectivity index (χ2n) is 8.59. The van der Waals surface area contributed by atoms with Crippen LogP contribution in [0.4, 0.5) is 16.3 Å². The number of benzene rings is 1. The minimum atomic E-state index is -1.00. The third kappa shape index (κ3) is 4.27. The molecule has 0 saturated heterocycles. The van der Waals surface area contributed by atoms with Gasteiger partial charge in [-0.1, -0.05) is 6.07 Å². The van der Waals surface area contributed by atoms with E-state index in [1.54, 1.807) is 41.2 Å². The molecule has 0 aliphatic carbocycles. The van der Waals surface area contributed by atoms with Crippen molar-refractivity contribution < 1.29 is 14.7 Å². The van der Waals surface area contributed by atoms with E-state index in [0.29, 0.717) is 48.7 Å². The lowest BCUT2D eigenvalue weighted by Crippen LogP contribution is -2.41. The highest BCUT2D eigenvalue weighted by Gasteiger charge is 2.30. The number of aromatic nitrogens is 5. The van der Waals surface area contributed by atoms with E-state index in [1.165, 1.54) is 11.0 Å². The fourth-order valence-electron chi connectivity index (χ4n) is 4.66. The van der Waals surface area contributed by atoms with Crippen LogP contribution >= 0.6 is 0 Å². The molecule has 0 bridgehead atoms. The summed E-state index contributed by atoms with van der Waals surface area (Å²) in [7, 11) is 0. The average Bonchev–Trinajstić information content (AvgIpc) is 3.46. The molecule has 0 spiro atoms. The molecule has 1 aliphatic rings. The van der Waals surface area contributed by atoms with Crippen LogP contribution in [0.15, 0.2) is 53.6 Å². The van der Waals surface area contributed by atoms with Crippen molar-refractivity contribution in [2.75, 3.05) is 10.2 Å². The molecule has 3 aromatic heterocycles. The number of carboxylic acid groups (broad SMARTS) is 1. The lowest BCUT2D eigenvalue weighted by Gasteiger charge is -2.33. The number of pyridine rings is 1. The zero-order valence-electron chi connectivity index (χ0n) is 19.1. The molecule has 0 fully saturated rings. The molecule has 11 nitrogen and oxygen atoms in total. The van der Waals surface area contributed by atoms with Gasteiger partial charge >= 0.3 is 6.09 Å². The number of aryl methyl sites for hydroxylation is 3. The lowest BCUT2D eigenvalue weighted by molar-refractivity contribution is -0.116. The molecule has 1 aromatic carbocycles. The van der Waals surface area contributed by atoms with Gasteiger partial charge < -0.3 is 19.6 Å². The molecule has 180 valence electrons. The van der Waals surface area contributed by atoms with E-state index >= 15 is 0 Å². The number of hydrogen-bond acceptors (Lipinski definition) is 5. The molecule has 35 heavy (non-hydrogen) atoms. The van der Waals surface area contributed by atoms with Gasteiger partial charge in [-0.15, -0.1) is 0 Å². The largest absolute Gasteiger partial charge is 0.465 e. The van der Waals surface area contributed by atoms with Gasteiger partial charge in [0, 0.05) is 42.9 Å². The second kappa shape index (κ2) is 9.09. The maximum Gasteiger partial charge on any atom is 0.412 e. The van der Waals surface area contributed by atoms with Crippen LogP contribution in [0.1, 0.15) is 24.7 Å². The molecule has 1 aliphatic heterocycles. The van der Waals surface area contributed by atoms with Crippen molar-refractivity contribution in [3.63, 3.8) is 0 Å². The Hall–Kier alpha value is -4.41. The molecule has 4 aromatic rings. The predicted octanol–water partition coefficient (Wildman–Crippen LogP) is 2.62. The number of fused-ring (bicyclic) bond motifs is 3. The monoisotopic (exact) mass is 475 g/mol. The molecule has 2 amide bonds. The summed E-state index contributed by atoms with van der Waals surface area (Å²) >= 11 is 0. The number of anilines is 2. The number of hydrogen-bond donors (Lipinski definition) is 3.